The van der Waals surface area contributed by atoms with Crippen LogP contribution in [0.4, 0.5) is 0 Å². The first-order valence-electron chi connectivity index (χ1n) is 9.01. The summed E-state index contributed by atoms with van der Waals surface area (Å²) in [5, 5.41) is 12.6. The SMILES string of the molecule is OCCCCCCN[C@@H](CN1CCCCC1)c1ccccc1. The van der Waals surface area contributed by atoms with Crippen molar-refractivity contribution in [2.24, 2.45) is 0 Å². The summed E-state index contributed by atoms with van der Waals surface area (Å²) >= 11 is 0. The smallest absolute Gasteiger partial charge is 0.0449 e. The van der Waals surface area contributed by atoms with Gasteiger partial charge in [-0.3, -0.25) is 0 Å². The van der Waals surface area contributed by atoms with Gasteiger partial charge in [0.15, 0.2) is 0 Å². The molecule has 0 bridgehead atoms. The summed E-state index contributed by atoms with van der Waals surface area (Å²) in [5.74, 6) is 0. The number of benzene rings is 1. The lowest BCUT2D eigenvalue weighted by Gasteiger charge is -2.31. The minimum absolute atomic E-state index is 0.328. The van der Waals surface area contributed by atoms with Gasteiger partial charge >= 0.3 is 0 Å². The van der Waals surface area contributed by atoms with Crippen LogP contribution in [0.3, 0.4) is 0 Å². The van der Waals surface area contributed by atoms with Crippen LogP contribution in [0.5, 0.6) is 0 Å². The molecule has 124 valence electrons. The van der Waals surface area contributed by atoms with Crippen LogP contribution in [0.1, 0.15) is 56.6 Å². The van der Waals surface area contributed by atoms with Crippen LogP contribution < -0.4 is 5.32 Å². The second-order valence-corrected chi connectivity index (χ2v) is 6.42. The molecule has 1 aromatic carbocycles. The number of aliphatic hydroxyl groups excluding tert-OH is 1. The molecule has 0 saturated carbocycles. The van der Waals surface area contributed by atoms with Crippen molar-refractivity contribution in [3.8, 4) is 0 Å². The third-order valence-electron chi connectivity index (χ3n) is 4.57. The Morgan fingerprint density at radius 1 is 0.955 bits per heavy atom. The van der Waals surface area contributed by atoms with Crippen molar-refractivity contribution in [1.29, 1.82) is 0 Å². The standard InChI is InChI=1S/C19H32N2O/c22-16-10-2-1-7-13-20-19(18-11-5-3-6-12-18)17-21-14-8-4-9-15-21/h3,5-6,11-12,19-20,22H,1-2,4,7-10,13-17H2/t19-/m0/s1. The van der Waals surface area contributed by atoms with E-state index in [9.17, 15) is 0 Å². The van der Waals surface area contributed by atoms with E-state index in [1.165, 1.54) is 50.8 Å². The van der Waals surface area contributed by atoms with Crippen molar-refractivity contribution >= 4 is 0 Å². The molecular formula is C19H32N2O. The second kappa shape index (κ2) is 10.8. The number of likely N-dealkylation sites (tertiary alicyclic amines) is 1. The van der Waals surface area contributed by atoms with Crippen molar-refractivity contribution in [2.75, 3.05) is 32.8 Å². The monoisotopic (exact) mass is 304 g/mol. The highest BCUT2D eigenvalue weighted by atomic mass is 16.2. The topological polar surface area (TPSA) is 35.5 Å². The second-order valence-electron chi connectivity index (χ2n) is 6.42. The summed E-state index contributed by atoms with van der Waals surface area (Å²) < 4.78 is 0. The zero-order valence-corrected chi connectivity index (χ0v) is 13.8. The predicted molar refractivity (Wildman–Crippen MR) is 93.0 cm³/mol. The van der Waals surface area contributed by atoms with Gasteiger partial charge in [-0.1, -0.05) is 49.6 Å². The average Bonchev–Trinajstić information content (AvgIpc) is 2.58. The molecule has 3 nitrogen and oxygen atoms in total. The summed E-state index contributed by atoms with van der Waals surface area (Å²) in [4.78, 5) is 2.61. The molecule has 1 aliphatic heterocycles. The Balaban J connectivity index is 1.79. The zero-order chi connectivity index (χ0) is 15.5. The van der Waals surface area contributed by atoms with E-state index in [0.717, 1.165) is 25.9 Å². The van der Waals surface area contributed by atoms with Gasteiger partial charge in [0.2, 0.25) is 0 Å². The highest BCUT2D eigenvalue weighted by Crippen LogP contribution is 2.17. The number of unbranched alkanes of at least 4 members (excludes halogenated alkanes) is 3. The van der Waals surface area contributed by atoms with Crippen LogP contribution in [0.25, 0.3) is 0 Å². The predicted octanol–water partition coefficient (Wildman–Crippen LogP) is 3.36. The van der Waals surface area contributed by atoms with Gasteiger partial charge in [0, 0.05) is 19.2 Å². The minimum Gasteiger partial charge on any atom is -0.396 e. The molecule has 0 unspecified atom stereocenters. The minimum atomic E-state index is 0.328. The summed E-state index contributed by atoms with van der Waals surface area (Å²) in [6, 6.07) is 11.3. The summed E-state index contributed by atoms with van der Waals surface area (Å²) in [6.07, 6.45) is 8.58. The number of piperidine rings is 1. The molecule has 0 radical (unpaired) electrons. The van der Waals surface area contributed by atoms with E-state index in [1.807, 2.05) is 0 Å². The van der Waals surface area contributed by atoms with Crippen LogP contribution >= 0.6 is 0 Å². The van der Waals surface area contributed by atoms with Crippen molar-refractivity contribution in [2.45, 2.75) is 51.0 Å². The number of hydrogen-bond acceptors (Lipinski definition) is 3. The van der Waals surface area contributed by atoms with Gasteiger partial charge in [0.25, 0.3) is 0 Å². The van der Waals surface area contributed by atoms with Crippen LogP contribution in [-0.4, -0.2) is 42.8 Å². The van der Waals surface area contributed by atoms with E-state index in [1.54, 1.807) is 0 Å². The third-order valence-corrected chi connectivity index (χ3v) is 4.57. The van der Waals surface area contributed by atoms with E-state index in [-0.39, 0.29) is 0 Å². The van der Waals surface area contributed by atoms with Crippen LogP contribution in [-0.2, 0) is 0 Å². The van der Waals surface area contributed by atoms with Crippen LogP contribution in [0.15, 0.2) is 30.3 Å². The highest BCUT2D eigenvalue weighted by molar-refractivity contribution is 5.19. The van der Waals surface area contributed by atoms with Gasteiger partial charge in [-0.25, -0.2) is 0 Å². The van der Waals surface area contributed by atoms with E-state index in [2.05, 4.69) is 40.5 Å². The van der Waals surface area contributed by atoms with E-state index in [4.69, 9.17) is 5.11 Å². The van der Waals surface area contributed by atoms with Crippen molar-refractivity contribution in [1.82, 2.24) is 10.2 Å². The number of hydrogen-bond donors (Lipinski definition) is 2. The van der Waals surface area contributed by atoms with Gasteiger partial charge in [-0.2, -0.15) is 0 Å². The molecule has 0 spiro atoms. The zero-order valence-electron chi connectivity index (χ0n) is 13.8. The van der Waals surface area contributed by atoms with Gasteiger partial charge in [0.05, 0.1) is 0 Å². The molecule has 2 N–H and O–H groups in total. The summed E-state index contributed by atoms with van der Waals surface area (Å²) in [6.45, 7) is 5.03. The lowest BCUT2D eigenvalue weighted by atomic mass is 10.0. The first-order valence-corrected chi connectivity index (χ1v) is 9.01. The maximum atomic E-state index is 8.82. The molecule has 1 aliphatic rings. The Kier molecular flexibility index (Phi) is 8.54. The average molecular weight is 304 g/mol. The molecular weight excluding hydrogens is 272 g/mol. The van der Waals surface area contributed by atoms with E-state index < -0.39 is 0 Å². The Hall–Kier alpha value is -0.900. The lowest BCUT2D eigenvalue weighted by Crippen LogP contribution is -2.38. The molecule has 0 amide bonds. The first kappa shape index (κ1) is 17.5. The lowest BCUT2D eigenvalue weighted by molar-refractivity contribution is 0.205. The molecule has 22 heavy (non-hydrogen) atoms. The largest absolute Gasteiger partial charge is 0.396 e. The van der Waals surface area contributed by atoms with Crippen molar-refractivity contribution in [3.05, 3.63) is 35.9 Å². The molecule has 2 rings (SSSR count). The van der Waals surface area contributed by atoms with Gasteiger partial charge in [0.1, 0.15) is 0 Å². The molecule has 1 atom stereocenters. The Bertz CT molecular complexity index is 376. The fourth-order valence-electron chi connectivity index (χ4n) is 3.24. The maximum absolute atomic E-state index is 8.82. The van der Waals surface area contributed by atoms with Gasteiger partial charge in [-0.05, 0) is 50.9 Å². The molecule has 1 heterocycles. The maximum Gasteiger partial charge on any atom is 0.0449 e. The highest BCUT2D eigenvalue weighted by Gasteiger charge is 2.17. The molecule has 0 aliphatic carbocycles. The fraction of sp³-hybridized carbons (Fsp3) is 0.684. The quantitative estimate of drug-likeness (QED) is 0.651. The van der Waals surface area contributed by atoms with Crippen LogP contribution in [0, 0.1) is 0 Å². The van der Waals surface area contributed by atoms with Crippen molar-refractivity contribution < 1.29 is 5.11 Å². The van der Waals surface area contributed by atoms with Gasteiger partial charge in [-0.15, -0.1) is 0 Å². The third kappa shape index (κ3) is 6.47. The number of nitrogens with one attached hydrogen (secondary N) is 1. The molecule has 1 fully saturated rings. The number of nitrogens with zero attached hydrogens (tertiary/aromatic N) is 1. The van der Waals surface area contributed by atoms with E-state index in [0.29, 0.717) is 12.6 Å². The molecule has 1 saturated heterocycles. The first-order chi connectivity index (χ1) is 10.9. The van der Waals surface area contributed by atoms with Crippen molar-refractivity contribution in [3.63, 3.8) is 0 Å². The Morgan fingerprint density at radius 2 is 1.68 bits per heavy atom. The summed E-state index contributed by atoms with van der Waals surface area (Å²) in [7, 11) is 0. The Morgan fingerprint density at radius 3 is 2.41 bits per heavy atom. The summed E-state index contributed by atoms with van der Waals surface area (Å²) in [5.41, 5.74) is 1.41. The molecule has 3 heteroatoms. The normalized spacial score (nSPS) is 17.5. The Labute approximate surface area is 135 Å². The van der Waals surface area contributed by atoms with Gasteiger partial charge < -0.3 is 15.3 Å². The fourth-order valence-corrected chi connectivity index (χ4v) is 3.24. The van der Waals surface area contributed by atoms with E-state index >= 15 is 0 Å². The number of aliphatic hydroxyl groups is 1. The molecule has 1 aromatic rings. The van der Waals surface area contributed by atoms with Crippen LogP contribution in [0.2, 0.25) is 0 Å². The number of rotatable bonds is 10. The molecule has 0 aromatic heterocycles.